The third-order valence-corrected chi connectivity index (χ3v) is 7.84. The van der Waals surface area contributed by atoms with Crippen LogP contribution in [-0.4, -0.2) is 17.6 Å². The van der Waals surface area contributed by atoms with E-state index in [0.717, 1.165) is 25.1 Å². The van der Waals surface area contributed by atoms with Crippen LogP contribution < -0.4 is 11.1 Å². The quantitative estimate of drug-likeness (QED) is 0.289. The minimum atomic E-state index is 0.509. The maximum Gasteiger partial charge on any atom is 0.124 e. The SMILES string of the molecule is Cc1cccc(-c2cccc(N)n2)c1CC1CC(c2ccccc2)CCC1NCCc1ccccc1. The Balaban J connectivity index is 1.39. The van der Waals surface area contributed by atoms with Crippen LogP contribution in [0.3, 0.4) is 0 Å². The lowest BCUT2D eigenvalue weighted by molar-refractivity contribution is 0.239. The third-order valence-electron chi connectivity index (χ3n) is 7.84. The number of benzene rings is 3. The fraction of sp³-hybridized carbons (Fsp3) is 0.303. The molecule has 0 aliphatic heterocycles. The van der Waals surface area contributed by atoms with Crippen molar-refractivity contribution in [1.29, 1.82) is 0 Å². The van der Waals surface area contributed by atoms with E-state index < -0.39 is 0 Å². The molecule has 0 spiro atoms. The molecule has 3 aromatic carbocycles. The summed E-state index contributed by atoms with van der Waals surface area (Å²) in [5.74, 6) is 1.74. The van der Waals surface area contributed by atoms with Gasteiger partial charge in [0.2, 0.25) is 0 Å². The Morgan fingerprint density at radius 3 is 2.36 bits per heavy atom. The molecule has 3 unspecified atom stereocenters. The average molecular weight is 476 g/mol. The van der Waals surface area contributed by atoms with Crippen molar-refractivity contribution in [3.8, 4) is 11.3 Å². The highest BCUT2D eigenvalue weighted by Crippen LogP contribution is 2.39. The standard InChI is InChI=1S/C33H37N3/c1-24-10-8-15-29(32-16-9-17-33(34)36-32)30(24)23-28-22-27(26-13-6-3-7-14-26)18-19-31(28)35-21-20-25-11-4-2-5-12-25/h2-17,27-28,31,35H,18-23H2,1H3,(H2,34,36). The van der Waals surface area contributed by atoms with E-state index in [9.17, 15) is 0 Å². The van der Waals surface area contributed by atoms with Gasteiger partial charge in [-0.25, -0.2) is 4.98 Å². The van der Waals surface area contributed by atoms with Crippen LogP contribution in [0.15, 0.2) is 97.1 Å². The summed E-state index contributed by atoms with van der Waals surface area (Å²) in [6.07, 6.45) is 5.75. The van der Waals surface area contributed by atoms with Crippen LogP contribution in [0, 0.1) is 12.8 Å². The first-order chi connectivity index (χ1) is 17.7. The molecule has 0 amide bonds. The Kier molecular flexibility index (Phi) is 7.78. The molecule has 184 valence electrons. The second-order valence-corrected chi connectivity index (χ2v) is 10.2. The van der Waals surface area contributed by atoms with Gasteiger partial charge in [-0.1, -0.05) is 84.9 Å². The van der Waals surface area contributed by atoms with Gasteiger partial charge in [0.25, 0.3) is 0 Å². The zero-order valence-electron chi connectivity index (χ0n) is 21.2. The average Bonchev–Trinajstić information content (AvgIpc) is 2.91. The molecule has 1 aromatic heterocycles. The van der Waals surface area contributed by atoms with Crippen molar-refractivity contribution in [3.05, 3.63) is 119 Å². The number of nitrogens with two attached hydrogens (primary N) is 1. The summed E-state index contributed by atoms with van der Waals surface area (Å²) in [5, 5.41) is 3.96. The van der Waals surface area contributed by atoms with E-state index in [1.165, 1.54) is 47.1 Å². The summed E-state index contributed by atoms with van der Waals surface area (Å²) in [4.78, 5) is 4.67. The zero-order valence-corrected chi connectivity index (χ0v) is 21.2. The highest BCUT2D eigenvalue weighted by atomic mass is 14.9. The van der Waals surface area contributed by atoms with Crippen LogP contribution in [0.25, 0.3) is 11.3 Å². The first kappa shape index (κ1) is 24.3. The topological polar surface area (TPSA) is 50.9 Å². The van der Waals surface area contributed by atoms with Crippen LogP contribution in [0.4, 0.5) is 5.82 Å². The number of nitrogen functional groups attached to an aromatic ring is 1. The van der Waals surface area contributed by atoms with Crippen molar-refractivity contribution in [3.63, 3.8) is 0 Å². The van der Waals surface area contributed by atoms with Crippen molar-refractivity contribution in [1.82, 2.24) is 10.3 Å². The largest absolute Gasteiger partial charge is 0.384 e. The molecule has 3 atom stereocenters. The van der Waals surface area contributed by atoms with Gasteiger partial charge in [0.15, 0.2) is 0 Å². The van der Waals surface area contributed by atoms with Gasteiger partial charge in [-0.05, 0) is 91.8 Å². The molecule has 5 rings (SSSR count). The maximum atomic E-state index is 6.05. The number of aryl methyl sites for hydroxylation is 1. The minimum Gasteiger partial charge on any atom is -0.384 e. The van der Waals surface area contributed by atoms with Crippen molar-refractivity contribution in [2.45, 2.75) is 51.0 Å². The van der Waals surface area contributed by atoms with E-state index in [4.69, 9.17) is 5.73 Å². The Bertz CT molecular complexity index is 1250. The number of nitrogens with one attached hydrogen (secondary N) is 1. The molecule has 36 heavy (non-hydrogen) atoms. The first-order valence-electron chi connectivity index (χ1n) is 13.3. The Hall–Kier alpha value is -3.43. The van der Waals surface area contributed by atoms with Crippen molar-refractivity contribution >= 4 is 5.82 Å². The van der Waals surface area contributed by atoms with Crippen molar-refractivity contribution in [2.24, 2.45) is 5.92 Å². The fourth-order valence-electron chi connectivity index (χ4n) is 5.91. The van der Waals surface area contributed by atoms with Gasteiger partial charge in [-0.15, -0.1) is 0 Å². The number of anilines is 1. The summed E-state index contributed by atoms with van der Waals surface area (Å²) in [5.41, 5.74) is 13.9. The smallest absolute Gasteiger partial charge is 0.124 e. The Morgan fingerprint density at radius 2 is 1.58 bits per heavy atom. The summed E-state index contributed by atoms with van der Waals surface area (Å²) in [7, 11) is 0. The highest BCUT2D eigenvalue weighted by molar-refractivity contribution is 5.66. The molecule has 1 saturated carbocycles. The van der Waals surface area contributed by atoms with E-state index in [0.29, 0.717) is 23.7 Å². The molecule has 0 bridgehead atoms. The molecule has 4 aromatic rings. The zero-order chi connectivity index (χ0) is 24.7. The fourth-order valence-corrected chi connectivity index (χ4v) is 5.91. The van der Waals surface area contributed by atoms with Gasteiger partial charge in [0.1, 0.15) is 5.82 Å². The number of pyridine rings is 1. The van der Waals surface area contributed by atoms with Crippen LogP contribution in [0.5, 0.6) is 0 Å². The number of hydrogen-bond acceptors (Lipinski definition) is 3. The molecule has 0 radical (unpaired) electrons. The van der Waals surface area contributed by atoms with Gasteiger partial charge < -0.3 is 11.1 Å². The molecule has 3 N–H and O–H groups in total. The molecule has 1 heterocycles. The van der Waals surface area contributed by atoms with Gasteiger partial charge >= 0.3 is 0 Å². The highest BCUT2D eigenvalue weighted by Gasteiger charge is 2.32. The van der Waals surface area contributed by atoms with Crippen molar-refractivity contribution < 1.29 is 0 Å². The van der Waals surface area contributed by atoms with Gasteiger partial charge in [-0.2, -0.15) is 0 Å². The minimum absolute atomic E-state index is 0.509. The monoisotopic (exact) mass is 475 g/mol. The second kappa shape index (κ2) is 11.5. The van der Waals surface area contributed by atoms with E-state index in [1.54, 1.807) is 0 Å². The summed E-state index contributed by atoms with van der Waals surface area (Å²) < 4.78 is 0. The summed E-state index contributed by atoms with van der Waals surface area (Å²) in [6.45, 7) is 3.25. The van der Waals surface area contributed by atoms with E-state index >= 15 is 0 Å². The molecule has 1 aliphatic carbocycles. The summed E-state index contributed by atoms with van der Waals surface area (Å²) >= 11 is 0. The number of rotatable bonds is 8. The normalized spacial score (nSPS) is 19.8. The lowest BCUT2D eigenvalue weighted by Crippen LogP contribution is -2.42. The van der Waals surface area contributed by atoms with E-state index in [-0.39, 0.29) is 0 Å². The van der Waals surface area contributed by atoms with E-state index in [1.807, 2.05) is 12.1 Å². The van der Waals surface area contributed by atoms with Gasteiger partial charge in [0.05, 0.1) is 5.69 Å². The summed E-state index contributed by atoms with van der Waals surface area (Å²) in [6, 6.07) is 34.9. The Labute approximate surface area is 215 Å². The predicted molar refractivity (Wildman–Crippen MR) is 151 cm³/mol. The van der Waals surface area contributed by atoms with Crippen molar-refractivity contribution in [2.75, 3.05) is 12.3 Å². The van der Waals surface area contributed by atoms with Crippen LogP contribution in [-0.2, 0) is 12.8 Å². The number of aromatic nitrogens is 1. The van der Waals surface area contributed by atoms with Gasteiger partial charge in [0, 0.05) is 11.6 Å². The molecule has 3 heteroatoms. The molecule has 3 nitrogen and oxygen atoms in total. The first-order valence-corrected chi connectivity index (χ1v) is 13.3. The second-order valence-electron chi connectivity index (χ2n) is 10.2. The number of nitrogens with zero attached hydrogens (tertiary/aromatic N) is 1. The van der Waals surface area contributed by atoms with Crippen LogP contribution in [0.2, 0.25) is 0 Å². The lowest BCUT2D eigenvalue weighted by Gasteiger charge is -2.38. The van der Waals surface area contributed by atoms with Crippen LogP contribution >= 0.6 is 0 Å². The van der Waals surface area contributed by atoms with Crippen LogP contribution in [0.1, 0.15) is 47.4 Å². The molecular weight excluding hydrogens is 438 g/mol. The maximum absolute atomic E-state index is 6.05. The number of hydrogen-bond donors (Lipinski definition) is 2. The molecule has 1 fully saturated rings. The van der Waals surface area contributed by atoms with Gasteiger partial charge in [-0.3, -0.25) is 0 Å². The lowest BCUT2D eigenvalue weighted by atomic mass is 9.72. The molecular formula is C33H37N3. The Morgan fingerprint density at radius 1 is 0.833 bits per heavy atom. The van der Waals surface area contributed by atoms with E-state index in [2.05, 4.69) is 102 Å². The molecule has 0 saturated heterocycles. The molecule has 1 aliphatic rings. The third kappa shape index (κ3) is 5.85. The predicted octanol–water partition coefficient (Wildman–Crippen LogP) is 6.97.